The minimum absolute atomic E-state index is 0.0474. The van der Waals surface area contributed by atoms with E-state index in [-0.39, 0.29) is 18.3 Å². The fourth-order valence-corrected chi connectivity index (χ4v) is 3.71. The van der Waals surface area contributed by atoms with E-state index in [0.29, 0.717) is 34.8 Å². The van der Waals surface area contributed by atoms with Gasteiger partial charge in [-0.25, -0.2) is 0 Å². The lowest BCUT2D eigenvalue weighted by atomic mass is 10.2. The smallest absolute Gasteiger partial charge is 0.230 e. The van der Waals surface area contributed by atoms with Crippen molar-refractivity contribution in [3.8, 4) is 5.75 Å². The lowest BCUT2D eigenvalue weighted by Crippen LogP contribution is -2.24. The van der Waals surface area contributed by atoms with Crippen molar-refractivity contribution < 1.29 is 9.53 Å². The minimum Gasteiger partial charge on any atom is -0.484 e. The number of hydrogen-bond donors (Lipinski definition) is 1. The van der Waals surface area contributed by atoms with Gasteiger partial charge in [0.1, 0.15) is 12.4 Å². The predicted molar refractivity (Wildman–Crippen MR) is 115 cm³/mol. The Morgan fingerprint density at radius 2 is 2.00 bits per heavy atom. The van der Waals surface area contributed by atoms with Crippen LogP contribution < -0.4 is 10.1 Å². The molecule has 6 nitrogen and oxygen atoms in total. The van der Waals surface area contributed by atoms with Gasteiger partial charge in [-0.3, -0.25) is 4.79 Å². The molecule has 0 unspecified atom stereocenters. The van der Waals surface area contributed by atoms with Crippen molar-refractivity contribution in [3.05, 3.63) is 70.5 Å². The number of hydrogen-bond acceptors (Lipinski definition) is 5. The van der Waals surface area contributed by atoms with E-state index in [1.165, 1.54) is 11.8 Å². The fourth-order valence-electron chi connectivity index (χ4n) is 2.69. The molecule has 8 heteroatoms. The number of nitrogens with one attached hydrogen (secondary N) is 1. The highest BCUT2D eigenvalue weighted by Crippen LogP contribution is 2.26. The van der Waals surface area contributed by atoms with Crippen LogP contribution in [0.15, 0.2) is 53.7 Å². The van der Waals surface area contributed by atoms with Crippen molar-refractivity contribution in [2.45, 2.75) is 38.7 Å². The summed E-state index contributed by atoms with van der Waals surface area (Å²) in [4.78, 5) is 12.1. The van der Waals surface area contributed by atoms with Gasteiger partial charge in [-0.15, -0.1) is 10.2 Å². The van der Waals surface area contributed by atoms with E-state index in [9.17, 15) is 4.79 Å². The number of benzene rings is 2. The van der Waals surface area contributed by atoms with Crippen LogP contribution >= 0.6 is 23.4 Å². The van der Waals surface area contributed by atoms with Crippen molar-refractivity contribution in [2.75, 3.05) is 5.75 Å². The first kappa shape index (κ1) is 21.2. The molecule has 0 saturated heterocycles. The monoisotopic (exact) mass is 430 g/mol. The first-order valence-corrected chi connectivity index (χ1v) is 10.7. The van der Waals surface area contributed by atoms with E-state index in [2.05, 4.69) is 15.5 Å². The first-order valence-electron chi connectivity index (χ1n) is 9.31. The zero-order valence-electron chi connectivity index (χ0n) is 16.4. The van der Waals surface area contributed by atoms with Gasteiger partial charge in [-0.05, 0) is 37.1 Å². The van der Waals surface area contributed by atoms with Gasteiger partial charge in [-0.2, -0.15) is 0 Å². The number of halogens is 1. The van der Waals surface area contributed by atoms with E-state index in [1.807, 2.05) is 66.9 Å². The third-order valence-electron chi connectivity index (χ3n) is 4.22. The average Bonchev–Trinajstić information content (AvgIpc) is 3.14. The van der Waals surface area contributed by atoms with Gasteiger partial charge < -0.3 is 14.6 Å². The van der Waals surface area contributed by atoms with E-state index >= 15 is 0 Å². The molecule has 3 aromatic rings. The molecule has 152 valence electrons. The van der Waals surface area contributed by atoms with Crippen LogP contribution in [-0.4, -0.2) is 26.4 Å². The van der Waals surface area contributed by atoms with E-state index in [4.69, 9.17) is 16.3 Å². The zero-order chi connectivity index (χ0) is 20.6. The molecule has 1 aromatic heterocycles. The highest BCUT2D eigenvalue weighted by Gasteiger charge is 2.14. The van der Waals surface area contributed by atoms with Crippen LogP contribution in [0.4, 0.5) is 0 Å². The van der Waals surface area contributed by atoms with Crippen molar-refractivity contribution in [1.82, 2.24) is 20.1 Å². The second kappa shape index (κ2) is 10.3. The van der Waals surface area contributed by atoms with E-state index in [0.717, 1.165) is 11.1 Å². The molecule has 1 amide bonds. The SMILES string of the molecule is CCn1c(COc2cc(C)ccc2Cl)nnc1SCC(=O)NCc1ccccc1. The molecule has 1 N–H and O–H groups in total. The van der Waals surface area contributed by atoms with Crippen molar-refractivity contribution in [3.63, 3.8) is 0 Å². The highest BCUT2D eigenvalue weighted by molar-refractivity contribution is 7.99. The summed E-state index contributed by atoms with van der Waals surface area (Å²) in [5.41, 5.74) is 2.14. The fraction of sp³-hybridized carbons (Fsp3) is 0.286. The number of nitrogens with zero attached hydrogens (tertiary/aromatic N) is 3. The maximum atomic E-state index is 12.1. The standard InChI is InChI=1S/C21H23ClN4O2S/c1-3-26-19(13-28-18-11-15(2)9-10-17(18)22)24-25-21(26)29-14-20(27)23-12-16-7-5-4-6-8-16/h4-11H,3,12-14H2,1-2H3,(H,23,27). The Balaban J connectivity index is 1.54. The van der Waals surface area contributed by atoms with Crippen LogP contribution in [-0.2, 0) is 24.5 Å². The van der Waals surface area contributed by atoms with Gasteiger partial charge in [-0.1, -0.05) is 59.8 Å². The molecular formula is C21H23ClN4O2S. The Hall–Kier alpha value is -2.51. The number of thioether (sulfide) groups is 1. The van der Waals surface area contributed by atoms with Crippen molar-refractivity contribution in [1.29, 1.82) is 0 Å². The summed E-state index contributed by atoms with van der Waals surface area (Å²) in [5, 5.41) is 12.6. The summed E-state index contributed by atoms with van der Waals surface area (Å²) in [6.07, 6.45) is 0. The number of aryl methyl sites for hydroxylation is 1. The van der Waals surface area contributed by atoms with Gasteiger partial charge in [0.2, 0.25) is 5.91 Å². The molecule has 0 saturated carbocycles. The maximum absolute atomic E-state index is 12.1. The second-order valence-corrected chi connectivity index (χ2v) is 7.77. The van der Waals surface area contributed by atoms with E-state index in [1.54, 1.807) is 0 Å². The lowest BCUT2D eigenvalue weighted by molar-refractivity contribution is -0.118. The van der Waals surface area contributed by atoms with E-state index < -0.39 is 0 Å². The lowest BCUT2D eigenvalue weighted by Gasteiger charge is -2.10. The molecule has 29 heavy (non-hydrogen) atoms. The van der Waals surface area contributed by atoms with Crippen LogP contribution in [0.1, 0.15) is 23.9 Å². The Morgan fingerprint density at radius 1 is 1.21 bits per heavy atom. The average molecular weight is 431 g/mol. The van der Waals surface area contributed by atoms with Gasteiger partial charge >= 0.3 is 0 Å². The molecule has 0 radical (unpaired) electrons. The molecule has 0 aliphatic heterocycles. The summed E-state index contributed by atoms with van der Waals surface area (Å²) < 4.78 is 7.77. The number of rotatable bonds is 9. The van der Waals surface area contributed by atoms with Crippen molar-refractivity contribution >= 4 is 29.3 Å². The summed E-state index contributed by atoms with van der Waals surface area (Å²) in [5.74, 6) is 1.54. The predicted octanol–water partition coefficient (Wildman–Crippen LogP) is 4.25. The molecule has 0 aliphatic carbocycles. The quantitative estimate of drug-likeness (QED) is 0.514. The number of aromatic nitrogens is 3. The molecule has 0 spiro atoms. The van der Waals surface area contributed by atoms with Gasteiger partial charge in [0.25, 0.3) is 0 Å². The summed E-state index contributed by atoms with van der Waals surface area (Å²) >= 11 is 7.54. The largest absolute Gasteiger partial charge is 0.484 e. The van der Waals surface area contributed by atoms with Crippen LogP contribution in [0.2, 0.25) is 5.02 Å². The third kappa shape index (κ3) is 5.98. The van der Waals surface area contributed by atoms with Crippen LogP contribution in [0.25, 0.3) is 0 Å². The summed E-state index contributed by atoms with van der Waals surface area (Å²) in [7, 11) is 0. The first-order chi connectivity index (χ1) is 14.1. The second-order valence-electron chi connectivity index (χ2n) is 6.42. The molecule has 3 rings (SSSR count). The third-order valence-corrected chi connectivity index (χ3v) is 5.50. The zero-order valence-corrected chi connectivity index (χ0v) is 18.0. The number of carbonyl (C=O) groups is 1. The molecule has 2 aromatic carbocycles. The Bertz CT molecular complexity index is 963. The topological polar surface area (TPSA) is 69.0 Å². The summed E-state index contributed by atoms with van der Waals surface area (Å²) in [6, 6.07) is 15.4. The van der Waals surface area contributed by atoms with Gasteiger partial charge in [0.05, 0.1) is 10.8 Å². The normalized spacial score (nSPS) is 10.7. The molecule has 0 fully saturated rings. The molecule has 1 heterocycles. The molecule has 0 atom stereocenters. The number of amides is 1. The maximum Gasteiger partial charge on any atom is 0.230 e. The summed E-state index contributed by atoms with van der Waals surface area (Å²) in [6.45, 7) is 5.43. The van der Waals surface area contributed by atoms with Crippen LogP contribution in [0.5, 0.6) is 5.75 Å². The molecular weight excluding hydrogens is 408 g/mol. The Kier molecular flexibility index (Phi) is 7.55. The van der Waals surface area contributed by atoms with Gasteiger partial charge in [0, 0.05) is 13.1 Å². The van der Waals surface area contributed by atoms with Crippen LogP contribution in [0, 0.1) is 6.92 Å². The Morgan fingerprint density at radius 3 is 2.76 bits per heavy atom. The van der Waals surface area contributed by atoms with Crippen molar-refractivity contribution in [2.24, 2.45) is 0 Å². The van der Waals surface area contributed by atoms with Gasteiger partial charge in [0.15, 0.2) is 11.0 Å². The minimum atomic E-state index is -0.0474. The molecule has 0 aliphatic rings. The Labute approximate surface area is 179 Å². The number of ether oxygens (including phenoxy) is 1. The number of carbonyl (C=O) groups excluding carboxylic acids is 1. The molecule has 0 bridgehead atoms. The van der Waals surface area contributed by atoms with Crippen LogP contribution in [0.3, 0.4) is 0 Å². The highest BCUT2D eigenvalue weighted by atomic mass is 35.5.